The van der Waals surface area contributed by atoms with Crippen LogP contribution in [-0.2, 0) is 0 Å². The molecule has 0 bridgehead atoms. The fourth-order valence-electron chi connectivity index (χ4n) is 2.63. The van der Waals surface area contributed by atoms with E-state index in [2.05, 4.69) is 49.2 Å². The average molecular weight is 349 g/mol. The average Bonchev–Trinajstić information content (AvgIpc) is 2.67. The van der Waals surface area contributed by atoms with Crippen molar-refractivity contribution in [2.75, 3.05) is 45.1 Å². The summed E-state index contributed by atoms with van der Waals surface area (Å²) in [6.45, 7) is 0. The summed E-state index contributed by atoms with van der Waals surface area (Å²) in [5.41, 5.74) is 5.66. The number of rotatable bonds is 5. The second kappa shape index (κ2) is 7.39. The zero-order chi connectivity index (χ0) is 18.7. The smallest absolute Gasteiger partial charge is 0.336 e. The molecule has 0 aliphatic rings. The van der Waals surface area contributed by atoms with Gasteiger partial charge in [0, 0.05) is 50.7 Å². The van der Waals surface area contributed by atoms with Gasteiger partial charge in [0.15, 0.2) is 0 Å². The molecule has 0 spiro atoms. The molecule has 0 atom stereocenters. The SMILES string of the molecule is COc1nnc(-c2ccc(N(C)C)cc2)c(-c2ccc(N(C)C)cc2)n1. The number of hydrogen-bond acceptors (Lipinski definition) is 6. The standard InChI is InChI=1S/C20H23N5O/c1-24(2)16-10-6-14(7-11-16)18-19(22-23-20(21-18)26-5)15-8-12-17(13-9-15)25(3)4/h6-13H,1-5H3. The zero-order valence-electron chi connectivity index (χ0n) is 15.8. The summed E-state index contributed by atoms with van der Waals surface area (Å²) in [5, 5.41) is 8.43. The highest BCUT2D eigenvalue weighted by molar-refractivity contribution is 5.79. The molecule has 1 heterocycles. The maximum Gasteiger partial charge on any atom is 0.336 e. The van der Waals surface area contributed by atoms with Gasteiger partial charge in [-0.15, -0.1) is 5.10 Å². The largest absolute Gasteiger partial charge is 0.466 e. The molecular formula is C20H23N5O. The fraction of sp³-hybridized carbons (Fsp3) is 0.250. The Hall–Kier alpha value is -3.15. The van der Waals surface area contributed by atoms with Gasteiger partial charge >= 0.3 is 6.01 Å². The molecule has 6 heteroatoms. The number of hydrogen-bond donors (Lipinski definition) is 0. The van der Waals surface area contributed by atoms with E-state index in [0.29, 0.717) is 0 Å². The lowest BCUT2D eigenvalue weighted by atomic mass is 10.0. The van der Waals surface area contributed by atoms with Crippen molar-refractivity contribution in [1.29, 1.82) is 0 Å². The molecule has 0 amide bonds. The predicted octanol–water partition coefficient (Wildman–Crippen LogP) is 3.35. The topological polar surface area (TPSA) is 54.4 Å². The molecule has 0 saturated carbocycles. The monoisotopic (exact) mass is 349 g/mol. The number of benzene rings is 2. The first-order chi connectivity index (χ1) is 12.5. The predicted molar refractivity (Wildman–Crippen MR) is 106 cm³/mol. The molecule has 3 rings (SSSR count). The van der Waals surface area contributed by atoms with Crippen molar-refractivity contribution in [2.24, 2.45) is 0 Å². The van der Waals surface area contributed by atoms with Crippen LogP contribution in [0.1, 0.15) is 0 Å². The van der Waals surface area contributed by atoms with Crippen LogP contribution in [0.3, 0.4) is 0 Å². The number of methoxy groups -OCH3 is 1. The summed E-state index contributed by atoms with van der Waals surface area (Å²) in [4.78, 5) is 8.67. The molecule has 26 heavy (non-hydrogen) atoms. The lowest BCUT2D eigenvalue weighted by molar-refractivity contribution is 0.374. The van der Waals surface area contributed by atoms with Crippen LogP contribution >= 0.6 is 0 Å². The maximum atomic E-state index is 5.18. The van der Waals surface area contributed by atoms with Gasteiger partial charge in [0.25, 0.3) is 0 Å². The summed E-state index contributed by atoms with van der Waals surface area (Å²) in [6, 6.07) is 16.6. The fourth-order valence-corrected chi connectivity index (χ4v) is 2.63. The third kappa shape index (κ3) is 3.59. The number of ether oxygens (including phenoxy) is 1. The Kier molecular flexibility index (Phi) is 5.02. The van der Waals surface area contributed by atoms with Crippen LogP contribution in [-0.4, -0.2) is 50.5 Å². The molecule has 6 nitrogen and oxygen atoms in total. The van der Waals surface area contributed by atoms with Crippen LogP contribution in [0.4, 0.5) is 11.4 Å². The second-order valence-corrected chi connectivity index (χ2v) is 6.38. The molecule has 134 valence electrons. The normalized spacial score (nSPS) is 10.5. The molecule has 0 saturated heterocycles. The molecule has 0 radical (unpaired) electrons. The quantitative estimate of drug-likeness (QED) is 0.704. The van der Waals surface area contributed by atoms with Crippen molar-refractivity contribution in [3.05, 3.63) is 48.5 Å². The molecule has 0 unspecified atom stereocenters. The third-order valence-corrected chi connectivity index (χ3v) is 4.16. The minimum Gasteiger partial charge on any atom is -0.466 e. The Bertz CT molecular complexity index is 874. The summed E-state index contributed by atoms with van der Waals surface area (Å²) in [5.74, 6) is 0. The van der Waals surface area contributed by atoms with E-state index in [-0.39, 0.29) is 6.01 Å². The third-order valence-electron chi connectivity index (χ3n) is 4.16. The van der Waals surface area contributed by atoms with Crippen molar-refractivity contribution in [2.45, 2.75) is 0 Å². The van der Waals surface area contributed by atoms with Crippen LogP contribution in [0.25, 0.3) is 22.5 Å². The summed E-state index contributed by atoms with van der Waals surface area (Å²) < 4.78 is 5.18. The van der Waals surface area contributed by atoms with Crippen LogP contribution in [0.2, 0.25) is 0 Å². The second-order valence-electron chi connectivity index (χ2n) is 6.38. The lowest BCUT2D eigenvalue weighted by Crippen LogP contribution is -2.08. The highest BCUT2D eigenvalue weighted by Gasteiger charge is 2.14. The minimum atomic E-state index is 0.255. The first kappa shape index (κ1) is 17.7. The summed E-state index contributed by atoms with van der Waals surface area (Å²) in [6.07, 6.45) is 0. The van der Waals surface area contributed by atoms with Gasteiger partial charge in [-0.3, -0.25) is 0 Å². The molecule has 2 aromatic carbocycles. The number of anilines is 2. The van der Waals surface area contributed by atoms with Crippen molar-refractivity contribution < 1.29 is 4.74 Å². The lowest BCUT2D eigenvalue weighted by Gasteiger charge is -2.15. The van der Waals surface area contributed by atoms with E-state index in [1.54, 1.807) is 7.11 Å². The van der Waals surface area contributed by atoms with Crippen molar-refractivity contribution in [3.8, 4) is 28.5 Å². The van der Waals surface area contributed by atoms with Crippen LogP contribution in [0, 0.1) is 0 Å². The highest BCUT2D eigenvalue weighted by atomic mass is 16.5. The number of nitrogens with zero attached hydrogens (tertiary/aromatic N) is 5. The molecule has 3 aromatic rings. The van der Waals surface area contributed by atoms with Crippen molar-refractivity contribution in [1.82, 2.24) is 15.2 Å². The van der Waals surface area contributed by atoms with E-state index in [9.17, 15) is 0 Å². The molecule has 0 N–H and O–H groups in total. The maximum absolute atomic E-state index is 5.18. The number of aromatic nitrogens is 3. The minimum absolute atomic E-state index is 0.255. The van der Waals surface area contributed by atoms with Gasteiger partial charge in [-0.25, -0.2) is 0 Å². The first-order valence-corrected chi connectivity index (χ1v) is 8.34. The van der Waals surface area contributed by atoms with E-state index in [0.717, 1.165) is 33.9 Å². The van der Waals surface area contributed by atoms with E-state index < -0.39 is 0 Å². The highest BCUT2D eigenvalue weighted by Crippen LogP contribution is 2.31. The van der Waals surface area contributed by atoms with Crippen LogP contribution < -0.4 is 14.5 Å². The molecule has 1 aromatic heterocycles. The van der Waals surface area contributed by atoms with E-state index in [4.69, 9.17) is 4.74 Å². The van der Waals surface area contributed by atoms with Gasteiger partial charge in [-0.1, -0.05) is 29.4 Å². The van der Waals surface area contributed by atoms with Gasteiger partial charge in [-0.2, -0.15) is 4.98 Å². The van der Waals surface area contributed by atoms with Crippen molar-refractivity contribution in [3.63, 3.8) is 0 Å². The van der Waals surface area contributed by atoms with Gasteiger partial charge in [0.05, 0.1) is 7.11 Å². The Balaban J connectivity index is 2.08. The van der Waals surface area contributed by atoms with Gasteiger partial charge in [0.2, 0.25) is 0 Å². The van der Waals surface area contributed by atoms with Gasteiger partial charge in [-0.05, 0) is 24.3 Å². The Morgan fingerprint density at radius 3 is 1.54 bits per heavy atom. The summed E-state index contributed by atoms with van der Waals surface area (Å²) >= 11 is 0. The van der Waals surface area contributed by atoms with E-state index >= 15 is 0 Å². The Labute approximate surface area is 154 Å². The van der Waals surface area contributed by atoms with E-state index in [1.165, 1.54) is 0 Å². The zero-order valence-corrected chi connectivity index (χ0v) is 15.8. The molecule has 0 aliphatic carbocycles. The van der Waals surface area contributed by atoms with Crippen molar-refractivity contribution >= 4 is 11.4 Å². The molecule has 0 fully saturated rings. The summed E-state index contributed by atoms with van der Waals surface area (Å²) in [7, 11) is 9.61. The van der Waals surface area contributed by atoms with Gasteiger partial charge < -0.3 is 14.5 Å². The Morgan fingerprint density at radius 2 is 1.12 bits per heavy atom. The molecule has 0 aliphatic heterocycles. The Morgan fingerprint density at radius 1 is 0.654 bits per heavy atom. The van der Waals surface area contributed by atoms with E-state index in [1.807, 2.05) is 52.5 Å². The van der Waals surface area contributed by atoms with Crippen LogP contribution in [0.15, 0.2) is 48.5 Å². The molecular weight excluding hydrogens is 326 g/mol. The van der Waals surface area contributed by atoms with Crippen LogP contribution in [0.5, 0.6) is 6.01 Å². The van der Waals surface area contributed by atoms with Gasteiger partial charge in [0.1, 0.15) is 11.4 Å². The first-order valence-electron chi connectivity index (χ1n) is 8.34.